The molecule has 0 aliphatic rings. The van der Waals surface area contributed by atoms with E-state index in [9.17, 15) is 4.79 Å². The maximum atomic E-state index is 12.6. The second-order valence-corrected chi connectivity index (χ2v) is 7.28. The molecule has 0 bridgehead atoms. The average molecular weight is 435 g/mol. The Balaban J connectivity index is 1.47. The van der Waals surface area contributed by atoms with E-state index in [1.807, 2.05) is 56.3 Å². The average Bonchev–Trinajstić information content (AvgIpc) is 2.84. The fourth-order valence-electron chi connectivity index (χ4n) is 3.14. The Morgan fingerprint density at radius 2 is 1.88 bits per heavy atom. The van der Waals surface area contributed by atoms with Crippen LogP contribution in [0, 0.1) is 0 Å². The van der Waals surface area contributed by atoms with E-state index < -0.39 is 0 Å². The Morgan fingerprint density at radius 3 is 2.62 bits per heavy atom. The summed E-state index contributed by atoms with van der Waals surface area (Å²) in [4.78, 5) is 16.6. The Morgan fingerprint density at radius 1 is 1.03 bits per heavy atom. The number of carbonyl (C=O) groups is 1. The number of ether oxygens (including phenoxy) is 3. The molecular formula is C26H30N2O4. The number of pyridine rings is 1. The molecule has 1 atom stereocenters. The zero-order chi connectivity index (χ0) is 22.6. The molecule has 0 radical (unpaired) electrons. The molecule has 3 aromatic rings. The predicted octanol–water partition coefficient (Wildman–Crippen LogP) is 4.96. The van der Waals surface area contributed by atoms with Crippen LogP contribution in [0.2, 0.25) is 0 Å². The number of benzene rings is 2. The lowest BCUT2D eigenvalue weighted by molar-refractivity contribution is 0.0635. The van der Waals surface area contributed by atoms with Gasteiger partial charge in [-0.1, -0.05) is 36.4 Å². The van der Waals surface area contributed by atoms with Gasteiger partial charge in [0.05, 0.1) is 12.7 Å². The second-order valence-electron chi connectivity index (χ2n) is 7.28. The van der Waals surface area contributed by atoms with Crippen LogP contribution in [0.5, 0.6) is 11.5 Å². The largest absolute Gasteiger partial charge is 0.490 e. The zero-order valence-electron chi connectivity index (χ0n) is 18.6. The third-order valence-corrected chi connectivity index (χ3v) is 4.87. The molecule has 168 valence electrons. The third kappa shape index (κ3) is 7.10. The molecule has 1 unspecified atom stereocenters. The van der Waals surface area contributed by atoms with Crippen LogP contribution in [0.15, 0.2) is 73.1 Å². The van der Waals surface area contributed by atoms with Crippen molar-refractivity contribution in [2.75, 3.05) is 19.8 Å². The maximum Gasteiger partial charge on any atom is 0.251 e. The highest BCUT2D eigenvalue weighted by Crippen LogP contribution is 2.29. The number of amides is 1. The first-order valence-corrected chi connectivity index (χ1v) is 10.9. The second kappa shape index (κ2) is 12.5. The first-order valence-electron chi connectivity index (χ1n) is 10.9. The van der Waals surface area contributed by atoms with E-state index in [1.54, 1.807) is 30.6 Å². The van der Waals surface area contributed by atoms with Gasteiger partial charge in [-0.3, -0.25) is 9.78 Å². The van der Waals surface area contributed by atoms with E-state index in [1.165, 1.54) is 0 Å². The summed E-state index contributed by atoms with van der Waals surface area (Å²) < 4.78 is 17.4. The number of hydrogen-bond donors (Lipinski definition) is 1. The van der Waals surface area contributed by atoms with Crippen molar-refractivity contribution in [3.8, 4) is 11.5 Å². The SMILES string of the molecule is CCOc1cc(C(=O)NCCCOC(C)c2ccccc2)ccc1OCc1cccnc1. The Hall–Kier alpha value is -3.38. The van der Waals surface area contributed by atoms with Gasteiger partial charge >= 0.3 is 0 Å². The number of aromatic nitrogens is 1. The molecule has 2 aromatic carbocycles. The van der Waals surface area contributed by atoms with Crippen LogP contribution in [0.25, 0.3) is 0 Å². The third-order valence-electron chi connectivity index (χ3n) is 4.87. The number of rotatable bonds is 12. The molecule has 3 rings (SSSR count). The molecule has 0 aliphatic carbocycles. The molecule has 0 saturated heterocycles. The zero-order valence-corrected chi connectivity index (χ0v) is 18.6. The van der Waals surface area contributed by atoms with Gasteiger partial charge in [-0.05, 0) is 50.1 Å². The molecule has 0 saturated carbocycles. The number of carbonyl (C=O) groups excluding carboxylic acids is 1. The van der Waals surface area contributed by atoms with Gasteiger partial charge in [0, 0.05) is 36.7 Å². The van der Waals surface area contributed by atoms with Crippen LogP contribution in [-0.4, -0.2) is 30.6 Å². The molecule has 6 heteroatoms. The lowest BCUT2D eigenvalue weighted by Crippen LogP contribution is -2.25. The fourth-order valence-corrected chi connectivity index (χ4v) is 3.14. The van der Waals surface area contributed by atoms with E-state index in [-0.39, 0.29) is 12.0 Å². The Labute approximate surface area is 189 Å². The molecule has 32 heavy (non-hydrogen) atoms. The number of hydrogen-bond acceptors (Lipinski definition) is 5. The molecule has 1 amide bonds. The topological polar surface area (TPSA) is 69.7 Å². The van der Waals surface area contributed by atoms with Gasteiger partial charge in [0.1, 0.15) is 6.61 Å². The molecule has 1 heterocycles. The first kappa shape index (κ1) is 23.3. The van der Waals surface area contributed by atoms with Gasteiger partial charge in [0.25, 0.3) is 5.91 Å². The van der Waals surface area contributed by atoms with E-state index in [0.29, 0.717) is 43.4 Å². The predicted molar refractivity (Wildman–Crippen MR) is 124 cm³/mol. The minimum absolute atomic E-state index is 0.0277. The van der Waals surface area contributed by atoms with Crippen LogP contribution >= 0.6 is 0 Å². The maximum absolute atomic E-state index is 12.6. The van der Waals surface area contributed by atoms with Crippen LogP contribution in [-0.2, 0) is 11.3 Å². The van der Waals surface area contributed by atoms with Crippen molar-refractivity contribution < 1.29 is 19.0 Å². The van der Waals surface area contributed by atoms with E-state index in [0.717, 1.165) is 17.5 Å². The molecule has 6 nitrogen and oxygen atoms in total. The van der Waals surface area contributed by atoms with Crippen molar-refractivity contribution in [1.29, 1.82) is 0 Å². The van der Waals surface area contributed by atoms with Gasteiger partial charge in [0.2, 0.25) is 0 Å². The molecule has 0 aliphatic heterocycles. The summed E-state index contributed by atoms with van der Waals surface area (Å²) in [5, 5.41) is 2.94. The van der Waals surface area contributed by atoms with Crippen LogP contribution < -0.4 is 14.8 Å². The highest BCUT2D eigenvalue weighted by atomic mass is 16.5. The van der Waals surface area contributed by atoms with E-state index in [4.69, 9.17) is 14.2 Å². The van der Waals surface area contributed by atoms with Crippen molar-refractivity contribution in [1.82, 2.24) is 10.3 Å². The fraction of sp³-hybridized carbons (Fsp3) is 0.308. The Bertz CT molecular complexity index is 964. The lowest BCUT2D eigenvalue weighted by Gasteiger charge is -2.14. The summed E-state index contributed by atoms with van der Waals surface area (Å²) in [5.74, 6) is 0.987. The van der Waals surface area contributed by atoms with Gasteiger partial charge < -0.3 is 19.5 Å². The van der Waals surface area contributed by atoms with Crippen molar-refractivity contribution in [2.24, 2.45) is 0 Å². The molecule has 1 N–H and O–H groups in total. The molecular weight excluding hydrogens is 404 g/mol. The molecule has 0 fully saturated rings. The Kier molecular flexibility index (Phi) is 9.07. The minimum Gasteiger partial charge on any atom is -0.490 e. The van der Waals surface area contributed by atoms with E-state index in [2.05, 4.69) is 10.3 Å². The van der Waals surface area contributed by atoms with Gasteiger partial charge in [-0.15, -0.1) is 0 Å². The quantitative estimate of drug-likeness (QED) is 0.408. The highest BCUT2D eigenvalue weighted by Gasteiger charge is 2.12. The van der Waals surface area contributed by atoms with Gasteiger partial charge in [-0.25, -0.2) is 0 Å². The van der Waals surface area contributed by atoms with Gasteiger partial charge in [0.15, 0.2) is 11.5 Å². The summed E-state index contributed by atoms with van der Waals surface area (Å²) in [6.45, 7) is 5.88. The van der Waals surface area contributed by atoms with Crippen molar-refractivity contribution in [2.45, 2.75) is 33.0 Å². The number of nitrogens with zero attached hydrogens (tertiary/aromatic N) is 1. The van der Waals surface area contributed by atoms with Crippen LogP contribution in [0.3, 0.4) is 0 Å². The van der Waals surface area contributed by atoms with Gasteiger partial charge in [-0.2, -0.15) is 0 Å². The van der Waals surface area contributed by atoms with Crippen molar-refractivity contribution in [3.05, 3.63) is 89.7 Å². The van der Waals surface area contributed by atoms with Crippen molar-refractivity contribution >= 4 is 5.91 Å². The smallest absolute Gasteiger partial charge is 0.251 e. The summed E-state index contributed by atoms with van der Waals surface area (Å²) in [6.07, 6.45) is 4.23. The lowest BCUT2D eigenvalue weighted by atomic mass is 10.1. The van der Waals surface area contributed by atoms with Crippen LogP contribution in [0.1, 0.15) is 47.9 Å². The summed E-state index contributed by atoms with van der Waals surface area (Å²) in [7, 11) is 0. The van der Waals surface area contributed by atoms with E-state index >= 15 is 0 Å². The standard InChI is InChI=1S/C26H30N2O4/c1-3-30-25-17-23(12-13-24(25)32-19-21-9-7-14-27-18-21)26(29)28-15-8-16-31-20(2)22-10-5-4-6-11-22/h4-7,9-14,17-18,20H,3,8,15-16,19H2,1-2H3,(H,28,29). The monoisotopic (exact) mass is 434 g/mol. The summed E-state index contributed by atoms with van der Waals surface area (Å²) in [6, 6.07) is 19.1. The highest BCUT2D eigenvalue weighted by molar-refractivity contribution is 5.94. The normalized spacial score (nSPS) is 11.6. The first-order chi connectivity index (χ1) is 15.7. The van der Waals surface area contributed by atoms with Crippen LogP contribution in [0.4, 0.5) is 0 Å². The minimum atomic E-state index is -0.152. The molecule has 1 aromatic heterocycles. The number of nitrogens with one attached hydrogen (secondary N) is 1. The summed E-state index contributed by atoms with van der Waals surface area (Å²) in [5.41, 5.74) is 2.63. The van der Waals surface area contributed by atoms with Crippen molar-refractivity contribution in [3.63, 3.8) is 0 Å². The summed E-state index contributed by atoms with van der Waals surface area (Å²) >= 11 is 0. The molecule has 0 spiro atoms.